The first-order chi connectivity index (χ1) is 10.1. The predicted molar refractivity (Wildman–Crippen MR) is 83.5 cm³/mol. The van der Waals surface area contributed by atoms with Crippen molar-refractivity contribution in [2.45, 2.75) is 39.3 Å². The maximum atomic E-state index is 12.3. The molecule has 0 aromatic heterocycles. The zero-order valence-electron chi connectivity index (χ0n) is 13.7. The Morgan fingerprint density at radius 2 is 1.91 bits per heavy atom. The van der Waals surface area contributed by atoms with Crippen molar-refractivity contribution < 1.29 is 22.7 Å². The average Bonchev–Trinajstić information content (AvgIpc) is 2.45. The molecule has 1 heterocycles. The van der Waals surface area contributed by atoms with Gasteiger partial charge in [0.15, 0.2) is 9.84 Å². The van der Waals surface area contributed by atoms with Crippen LogP contribution in [0, 0.1) is 5.41 Å². The summed E-state index contributed by atoms with van der Waals surface area (Å²) in [5.74, 6) is -0.0184. The van der Waals surface area contributed by atoms with Crippen LogP contribution in [0.25, 0.3) is 0 Å². The van der Waals surface area contributed by atoms with Gasteiger partial charge in [0, 0.05) is 25.6 Å². The quantitative estimate of drug-likeness (QED) is 0.712. The van der Waals surface area contributed by atoms with Gasteiger partial charge in [-0.15, -0.1) is 0 Å². The molecule has 0 radical (unpaired) electrons. The molecule has 1 saturated heterocycles. The molecule has 7 nitrogen and oxygen atoms in total. The van der Waals surface area contributed by atoms with Crippen LogP contribution < -0.4 is 5.32 Å². The van der Waals surface area contributed by atoms with E-state index >= 15 is 0 Å². The molecule has 128 valence electrons. The van der Waals surface area contributed by atoms with Gasteiger partial charge in [-0.05, 0) is 13.3 Å². The van der Waals surface area contributed by atoms with E-state index < -0.39 is 15.3 Å². The molecule has 1 rings (SSSR count). The van der Waals surface area contributed by atoms with Crippen LogP contribution >= 0.6 is 0 Å². The number of hydrogen-bond donors (Lipinski definition) is 1. The monoisotopic (exact) mass is 334 g/mol. The molecule has 1 fully saturated rings. The number of rotatable bonds is 6. The summed E-state index contributed by atoms with van der Waals surface area (Å²) in [6.45, 7) is 5.81. The van der Waals surface area contributed by atoms with Crippen LogP contribution in [0.3, 0.4) is 0 Å². The zero-order valence-corrected chi connectivity index (χ0v) is 14.5. The van der Waals surface area contributed by atoms with Crippen molar-refractivity contribution in [1.29, 1.82) is 0 Å². The number of methoxy groups -OCH3 is 1. The number of carbonyl (C=O) groups is 2. The van der Waals surface area contributed by atoms with E-state index in [-0.39, 0.29) is 42.8 Å². The molecule has 2 atom stereocenters. The third kappa shape index (κ3) is 5.57. The van der Waals surface area contributed by atoms with Gasteiger partial charge in [-0.25, -0.2) is 13.2 Å². The Kier molecular flexibility index (Phi) is 6.37. The molecule has 0 aromatic carbocycles. The fraction of sp³-hybridized carbons (Fsp3) is 0.857. The third-order valence-corrected chi connectivity index (χ3v) is 5.55. The smallest absolute Gasteiger partial charge is 0.317 e. The number of nitrogens with zero attached hydrogens (tertiary/aromatic N) is 1. The van der Waals surface area contributed by atoms with Gasteiger partial charge in [-0.1, -0.05) is 13.8 Å². The topological polar surface area (TPSA) is 92.8 Å². The maximum absolute atomic E-state index is 12.3. The van der Waals surface area contributed by atoms with E-state index in [1.165, 1.54) is 4.90 Å². The Balaban J connectivity index is 2.69. The highest BCUT2D eigenvalue weighted by molar-refractivity contribution is 7.91. The minimum atomic E-state index is -3.02. The van der Waals surface area contributed by atoms with Gasteiger partial charge in [0.1, 0.15) is 6.29 Å². The fourth-order valence-electron chi connectivity index (χ4n) is 2.28. The molecule has 22 heavy (non-hydrogen) atoms. The van der Waals surface area contributed by atoms with Crippen LogP contribution in [-0.2, 0) is 19.4 Å². The van der Waals surface area contributed by atoms with Gasteiger partial charge in [0.05, 0.1) is 23.7 Å². The zero-order chi connectivity index (χ0) is 17.0. The van der Waals surface area contributed by atoms with Gasteiger partial charge in [-0.3, -0.25) is 0 Å². The lowest BCUT2D eigenvalue weighted by Gasteiger charge is -2.33. The number of carbonyl (C=O) groups excluding carboxylic acids is 2. The van der Waals surface area contributed by atoms with Crippen LogP contribution in [0.15, 0.2) is 0 Å². The second-order valence-corrected chi connectivity index (χ2v) is 8.75. The van der Waals surface area contributed by atoms with Crippen molar-refractivity contribution in [2.24, 2.45) is 5.41 Å². The van der Waals surface area contributed by atoms with Crippen molar-refractivity contribution in [1.82, 2.24) is 10.2 Å². The first kappa shape index (κ1) is 18.9. The number of hydrogen-bond acceptors (Lipinski definition) is 5. The molecular formula is C14H26N2O5S. The highest BCUT2D eigenvalue weighted by atomic mass is 32.2. The molecule has 1 aliphatic rings. The first-order valence-corrected chi connectivity index (χ1v) is 9.17. The van der Waals surface area contributed by atoms with Crippen molar-refractivity contribution in [3.8, 4) is 0 Å². The van der Waals surface area contributed by atoms with E-state index in [9.17, 15) is 18.0 Å². The van der Waals surface area contributed by atoms with E-state index in [0.717, 1.165) is 6.29 Å². The van der Waals surface area contributed by atoms with Crippen LogP contribution in [0.2, 0.25) is 0 Å². The fourth-order valence-corrected chi connectivity index (χ4v) is 3.48. The molecule has 1 N–H and O–H groups in total. The third-order valence-electron chi connectivity index (χ3n) is 3.94. The average molecular weight is 334 g/mol. The van der Waals surface area contributed by atoms with Gasteiger partial charge in [0.25, 0.3) is 0 Å². The molecule has 1 aliphatic heterocycles. The van der Waals surface area contributed by atoms with Crippen LogP contribution in [0.1, 0.15) is 27.2 Å². The SMILES string of the molecule is CO[C@H](C)[C@@H](CC(C)(C)C=O)NC(=O)N1CCS(=O)(=O)CC1. The first-order valence-electron chi connectivity index (χ1n) is 7.35. The summed E-state index contributed by atoms with van der Waals surface area (Å²) in [6.07, 6.45) is 1.06. The Hall–Kier alpha value is -1.15. The van der Waals surface area contributed by atoms with Crippen molar-refractivity contribution in [3.63, 3.8) is 0 Å². The predicted octanol–water partition coefficient (Wildman–Crippen LogP) is 0.445. The van der Waals surface area contributed by atoms with Crippen molar-refractivity contribution >= 4 is 22.2 Å². The number of ether oxygens (including phenoxy) is 1. The van der Waals surface area contributed by atoms with E-state index in [2.05, 4.69) is 5.32 Å². The second kappa shape index (κ2) is 7.41. The highest BCUT2D eigenvalue weighted by Crippen LogP contribution is 2.22. The van der Waals surface area contributed by atoms with Gasteiger partial charge >= 0.3 is 6.03 Å². The Morgan fingerprint density at radius 1 is 1.36 bits per heavy atom. The molecule has 0 spiro atoms. The number of amides is 2. The largest absolute Gasteiger partial charge is 0.380 e. The number of nitrogens with one attached hydrogen (secondary N) is 1. The molecule has 0 saturated carbocycles. The maximum Gasteiger partial charge on any atom is 0.317 e. The lowest BCUT2D eigenvalue weighted by Crippen LogP contribution is -2.54. The van der Waals surface area contributed by atoms with Gasteiger partial charge in [0.2, 0.25) is 0 Å². The molecule has 0 aliphatic carbocycles. The molecule has 0 unspecified atom stereocenters. The Bertz CT molecular complexity index is 489. The molecule has 0 aromatic rings. The lowest BCUT2D eigenvalue weighted by molar-refractivity contribution is -0.115. The number of urea groups is 1. The van der Waals surface area contributed by atoms with E-state index in [4.69, 9.17) is 4.74 Å². The van der Waals surface area contributed by atoms with Crippen LogP contribution in [0.4, 0.5) is 4.79 Å². The van der Waals surface area contributed by atoms with Gasteiger partial charge < -0.3 is 19.7 Å². The van der Waals surface area contributed by atoms with E-state index in [0.29, 0.717) is 6.42 Å². The minimum Gasteiger partial charge on any atom is -0.380 e. The standard InChI is InChI=1S/C14H26N2O5S/c1-11(21-4)12(9-14(2,3)10-17)15-13(18)16-5-7-22(19,20)8-6-16/h10-12H,5-9H2,1-4H3,(H,15,18)/t11-,12-/m1/s1. The van der Waals surface area contributed by atoms with Crippen LogP contribution in [-0.4, -0.2) is 69.5 Å². The molecule has 2 amide bonds. The van der Waals surface area contributed by atoms with Crippen molar-refractivity contribution in [3.05, 3.63) is 0 Å². The summed E-state index contributed by atoms with van der Waals surface area (Å²) < 4.78 is 28.1. The summed E-state index contributed by atoms with van der Waals surface area (Å²) in [5, 5.41) is 2.86. The lowest BCUT2D eigenvalue weighted by atomic mass is 9.86. The minimum absolute atomic E-state index is 0.00918. The molecular weight excluding hydrogens is 308 g/mol. The highest BCUT2D eigenvalue weighted by Gasteiger charge is 2.31. The summed E-state index contributed by atoms with van der Waals surface area (Å²) in [7, 11) is -1.48. The molecule has 8 heteroatoms. The van der Waals surface area contributed by atoms with E-state index in [1.807, 2.05) is 6.92 Å². The summed E-state index contributed by atoms with van der Waals surface area (Å²) in [4.78, 5) is 24.9. The molecule has 0 bridgehead atoms. The summed E-state index contributed by atoms with van der Waals surface area (Å²) >= 11 is 0. The summed E-state index contributed by atoms with van der Waals surface area (Å²) in [6, 6.07) is -0.637. The second-order valence-electron chi connectivity index (χ2n) is 6.45. The normalized spacial score (nSPS) is 21.0. The van der Waals surface area contributed by atoms with E-state index in [1.54, 1.807) is 21.0 Å². The summed E-state index contributed by atoms with van der Waals surface area (Å²) in [5.41, 5.74) is -0.573. The van der Waals surface area contributed by atoms with Crippen molar-refractivity contribution in [2.75, 3.05) is 31.7 Å². The Labute approximate surface area is 132 Å². The number of sulfone groups is 1. The number of aldehydes is 1. The van der Waals surface area contributed by atoms with Gasteiger partial charge in [-0.2, -0.15) is 0 Å². The van der Waals surface area contributed by atoms with Crippen LogP contribution in [0.5, 0.6) is 0 Å². The Morgan fingerprint density at radius 3 is 2.36 bits per heavy atom.